The van der Waals surface area contributed by atoms with Crippen molar-refractivity contribution in [2.24, 2.45) is 17.8 Å². The number of rotatable bonds is 6. The first kappa shape index (κ1) is 19.8. The number of nitrogens with zero attached hydrogens (tertiary/aromatic N) is 3. The number of nitrogen functional groups attached to an aromatic ring is 1. The summed E-state index contributed by atoms with van der Waals surface area (Å²) in [5.41, 5.74) is 8.15. The molecule has 7 rings (SSSR count). The number of imidazole rings is 1. The van der Waals surface area contributed by atoms with Crippen LogP contribution in [0.1, 0.15) is 56.8 Å². The van der Waals surface area contributed by atoms with Crippen LogP contribution in [-0.4, -0.2) is 19.1 Å². The van der Waals surface area contributed by atoms with Crippen LogP contribution in [0.15, 0.2) is 33.9 Å². The number of benzene rings is 1. The zero-order valence-electron chi connectivity index (χ0n) is 18.6. The van der Waals surface area contributed by atoms with Gasteiger partial charge in [-0.3, -0.25) is 13.9 Å². The van der Waals surface area contributed by atoms with Gasteiger partial charge >= 0.3 is 5.69 Å². The van der Waals surface area contributed by atoms with E-state index < -0.39 is 0 Å². The number of H-pyrrole nitrogens is 1. The number of hydrogen-bond acceptors (Lipinski definition) is 4. The average Bonchev–Trinajstić information content (AvgIpc) is 3.40. The molecule has 4 aliphatic rings. The molecule has 4 saturated carbocycles. The zero-order valence-corrected chi connectivity index (χ0v) is 18.6. The molecule has 4 bridgehead atoms. The summed E-state index contributed by atoms with van der Waals surface area (Å²) in [5, 5.41) is 0. The lowest BCUT2D eigenvalue weighted by Gasteiger charge is -2.30. The van der Waals surface area contributed by atoms with Gasteiger partial charge in [0.2, 0.25) is 0 Å². The Kier molecular flexibility index (Phi) is 4.39. The monoisotopic (exact) mass is 433 g/mol. The SMILES string of the molecule is CCCn1c(=O)n(CCc2ccc(N)cc2)c(=O)c2[nH]c(C34CC5CC(CC3C5)C4)nc21. The van der Waals surface area contributed by atoms with E-state index in [-0.39, 0.29) is 16.7 Å². The van der Waals surface area contributed by atoms with Gasteiger partial charge in [-0.1, -0.05) is 19.1 Å². The van der Waals surface area contributed by atoms with Crippen molar-refractivity contribution in [1.82, 2.24) is 19.1 Å². The van der Waals surface area contributed by atoms with Crippen molar-refractivity contribution in [1.29, 1.82) is 0 Å². The van der Waals surface area contributed by atoms with Crippen LogP contribution in [0.25, 0.3) is 11.2 Å². The Balaban J connectivity index is 1.44. The molecule has 4 aliphatic carbocycles. The normalized spacial score (nSPS) is 28.2. The molecule has 0 radical (unpaired) electrons. The zero-order chi connectivity index (χ0) is 22.0. The molecule has 0 spiro atoms. The van der Waals surface area contributed by atoms with Gasteiger partial charge in [0.25, 0.3) is 5.56 Å². The van der Waals surface area contributed by atoms with Crippen LogP contribution >= 0.6 is 0 Å². The van der Waals surface area contributed by atoms with Crippen molar-refractivity contribution >= 4 is 16.9 Å². The first-order chi connectivity index (χ1) is 15.5. The lowest BCUT2D eigenvalue weighted by Crippen LogP contribution is -2.40. The molecule has 0 aliphatic heterocycles. The quantitative estimate of drug-likeness (QED) is 0.583. The Labute approximate surface area is 186 Å². The molecule has 2 heterocycles. The number of nitrogens with two attached hydrogens (primary N) is 1. The minimum Gasteiger partial charge on any atom is -0.399 e. The summed E-state index contributed by atoms with van der Waals surface area (Å²) in [6, 6.07) is 7.59. The molecule has 168 valence electrons. The van der Waals surface area contributed by atoms with Crippen LogP contribution in [0.3, 0.4) is 0 Å². The van der Waals surface area contributed by atoms with E-state index in [1.807, 2.05) is 31.2 Å². The summed E-state index contributed by atoms with van der Waals surface area (Å²) in [6.07, 6.45) is 7.71. The van der Waals surface area contributed by atoms with E-state index in [2.05, 4.69) is 4.98 Å². The predicted molar refractivity (Wildman–Crippen MR) is 125 cm³/mol. The first-order valence-corrected chi connectivity index (χ1v) is 12.1. The Morgan fingerprint density at radius 3 is 2.47 bits per heavy atom. The van der Waals surface area contributed by atoms with Gasteiger partial charge in [0.05, 0.1) is 0 Å². The molecular weight excluding hydrogens is 402 g/mol. The maximum absolute atomic E-state index is 13.4. The summed E-state index contributed by atoms with van der Waals surface area (Å²) < 4.78 is 3.09. The molecule has 1 aromatic carbocycles. The predicted octanol–water partition coefficient (Wildman–Crippen LogP) is 3.20. The Bertz CT molecular complexity index is 1280. The molecule has 0 amide bonds. The summed E-state index contributed by atoms with van der Waals surface area (Å²) in [5.74, 6) is 3.23. The van der Waals surface area contributed by atoms with Gasteiger partial charge < -0.3 is 10.7 Å². The number of fused-ring (bicyclic) bond motifs is 1. The minimum atomic E-state index is -0.257. The molecule has 32 heavy (non-hydrogen) atoms. The summed E-state index contributed by atoms with van der Waals surface area (Å²) in [4.78, 5) is 35.2. The molecule has 4 fully saturated rings. The maximum atomic E-state index is 13.4. The average molecular weight is 434 g/mol. The maximum Gasteiger partial charge on any atom is 0.332 e. The van der Waals surface area contributed by atoms with E-state index in [1.165, 1.54) is 36.7 Å². The fourth-order valence-corrected chi connectivity index (χ4v) is 7.13. The summed E-state index contributed by atoms with van der Waals surface area (Å²) in [6.45, 7) is 2.95. The lowest BCUT2D eigenvalue weighted by molar-refractivity contribution is 0.262. The van der Waals surface area contributed by atoms with Crippen LogP contribution in [0.2, 0.25) is 0 Å². The van der Waals surface area contributed by atoms with Crippen LogP contribution in [-0.2, 0) is 24.9 Å². The first-order valence-electron chi connectivity index (χ1n) is 12.1. The summed E-state index contributed by atoms with van der Waals surface area (Å²) >= 11 is 0. The van der Waals surface area contributed by atoms with Crippen LogP contribution in [0, 0.1) is 17.8 Å². The highest BCUT2D eigenvalue weighted by molar-refractivity contribution is 5.70. The molecule has 7 nitrogen and oxygen atoms in total. The Morgan fingerprint density at radius 2 is 1.78 bits per heavy atom. The number of aromatic amines is 1. The van der Waals surface area contributed by atoms with Gasteiger partial charge in [-0.2, -0.15) is 0 Å². The van der Waals surface area contributed by atoms with Gasteiger partial charge in [-0.25, -0.2) is 9.78 Å². The lowest BCUT2D eigenvalue weighted by atomic mass is 9.75. The van der Waals surface area contributed by atoms with Gasteiger partial charge in [0.15, 0.2) is 5.65 Å². The molecular formula is C25H31N5O2. The van der Waals surface area contributed by atoms with Gasteiger partial charge in [-0.05, 0) is 80.4 Å². The fraction of sp³-hybridized carbons (Fsp3) is 0.560. The van der Waals surface area contributed by atoms with Gasteiger partial charge in [-0.15, -0.1) is 0 Å². The van der Waals surface area contributed by atoms with E-state index in [1.54, 1.807) is 4.57 Å². The highest BCUT2D eigenvalue weighted by Crippen LogP contribution is 2.65. The van der Waals surface area contributed by atoms with Crippen LogP contribution in [0.5, 0.6) is 0 Å². The smallest absolute Gasteiger partial charge is 0.332 e. The molecule has 2 atom stereocenters. The van der Waals surface area contributed by atoms with E-state index in [0.717, 1.165) is 29.6 Å². The third kappa shape index (κ3) is 2.82. The number of aryl methyl sites for hydroxylation is 2. The molecule has 7 heteroatoms. The molecule has 3 aromatic rings. The molecule has 0 saturated heterocycles. The second-order valence-electron chi connectivity index (χ2n) is 10.4. The Hall–Kier alpha value is -2.83. The highest BCUT2D eigenvalue weighted by Gasteiger charge is 2.59. The van der Waals surface area contributed by atoms with Gasteiger partial charge in [0, 0.05) is 24.2 Å². The van der Waals surface area contributed by atoms with Crippen molar-refractivity contribution < 1.29 is 0 Å². The van der Waals surface area contributed by atoms with Crippen molar-refractivity contribution in [3.63, 3.8) is 0 Å². The number of nitrogens with one attached hydrogen (secondary N) is 1. The number of hydrogen-bond donors (Lipinski definition) is 2. The summed E-state index contributed by atoms with van der Waals surface area (Å²) in [7, 11) is 0. The molecule has 2 unspecified atom stereocenters. The van der Waals surface area contributed by atoms with E-state index in [4.69, 9.17) is 10.7 Å². The standard InChI is InChI=1S/C25H31N5O2/c1-2-8-29-21-20(22(31)30(24(29)32)9-7-15-3-5-19(26)6-4-15)27-23(28-21)25-13-16-10-17(14-25)12-18(25)11-16/h3-6,16-18H,2,7-14,26H2,1H3,(H,27,28). The third-order valence-corrected chi connectivity index (χ3v) is 8.37. The largest absolute Gasteiger partial charge is 0.399 e. The second kappa shape index (κ2) is 7.09. The van der Waals surface area contributed by atoms with Crippen molar-refractivity contribution in [3.05, 3.63) is 56.5 Å². The second-order valence-corrected chi connectivity index (χ2v) is 10.4. The van der Waals surface area contributed by atoms with Crippen LogP contribution in [0.4, 0.5) is 5.69 Å². The van der Waals surface area contributed by atoms with E-state index in [0.29, 0.717) is 42.3 Å². The molecule has 3 N–H and O–H groups in total. The van der Waals surface area contributed by atoms with Crippen molar-refractivity contribution in [2.45, 2.75) is 70.4 Å². The van der Waals surface area contributed by atoms with Crippen molar-refractivity contribution in [3.8, 4) is 0 Å². The third-order valence-electron chi connectivity index (χ3n) is 8.37. The molecule has 2 aromatic heterocycles. The number of anilines is 1. The van der Waals surface area contributed by atoms with Gasteiger partial charge in [0.1, 0.15) is 11.3 Å². The topological polar surface area (TPSA) is 98.7 Å². The minimum absolute atomic E-state index is 0.0843. The Morgan fingerprint density at radius 1 is 1.06 bits per heavy atom. The number of aromatic nitrogens is 4. The highest BCUT2D eigenvalue weighted by atomic mass is 16.2. The van der Waals surface area contributed by atoms with E-state index >= 15 is 0 Å². The van der Waals surface area contributed by atoms with Crippen molar-refractivity contribution in [2.75, 3.05) is 5.73 Å². The fourth-order valence-electron chi connectivity index (χ4n) is 7.13. The van der Waals surface area contributed by atoms with E-state index in [9.17, 15) is 9.59 Å². The van der Waals surface area contributed by atoms with Crippen LogP contribution < -0.4 is 17.0 Å².